The van der Waals surface area contributed by atoms with Crippen molar-refractivity contribution in [3.05, 3.63) is 57.8 Å². The molecular formula is C25H33N3O2S. The number of nitrogens with one attached hydrogen (secondary N) is 1. The molecule has 4 atom stereocenters. The van der Waals surface area contributed by atoms with Crippen LogP contribution in [0.2, 0.25) is 0 Å². The third kappa shape index (κ3) is 4.70. The van der Waals surface area contributed by atoms with Gasteiger partial charge in [-0.15, -0.1) is 11.3 Å². The molecule has 31 heavy (non-hydrogen) atoms. The second-order valence-electron chi connectivity index (χ2n) is 9.29. The van der Waals surface area contributed by atoms with E-state index in [0.717, 1.165) is 48.3 Å². The van der Waals surface area contributed by atoms with Crippen molar-refractivity contribution >= 4 is 23.2 Å². The summed E-state index contributed by atoms with van der Waals surface area (Å²) in [6.07, 6.45) is 2.25. The first-order chi connectivity index (χ1) is 15.0. The minimum absolute atomic E-state index is 0.00517. The maximum Gasteiger partial charge on any atom is 0.254 e. The van der Waals surface area contributed by atoms with Gasteiger partial charge in [-0.25, -0.2) is 0 Å². The number of hydrogen-bond acceptors (Lipinski definition) is 4. The Morgan fingerprint density at radius 1 is 1.13 bits per heavy atom. The van der Waals surface area contributed by atoms with Crippen molar-refractivity contribution in [3.63, 3.8) is 0 Å². The minimum atomic E-state index is -0.396. The van der Waals surface area contributed by atoms with Crippen molar-refractivity contribution in [1.82, 2.24) is 15.1 Å². The third-order valence-corrected chi connectivity index (χ3v) is 7.53. The number of benzene rings is 1. The van der Waals surface area contributed by atoms with Crippen LogP contribution in [-0.4, -0.2) is 54.8 Å². The molecule has 1 fully saturated rings. The summed E-state index contributed by atoms with van der Waals surface area (Å²) in [6, 6.07) is 11.3. The Kier molecular flexibility index (Phi) is 6.77. The molecule has 0 bridgehead atoms. The van der Waals surface area contributed by atoms with Gasteiger partial charge in [0, 0.05) is 37.1 Å². The van der Waals surface area contributed by atoms with Crippen LogP contribution in [0.25, 0.3) is 0 Å². The summed E-state index contributed by atoms with van der Waals surface area (Å²) in [7, 11) is 1.81. The van der Waals surface area contributed by atoms with Crippen molar-refractivity contribution < 1.29 is 9.59 Å². The summed E-state index contributed by atoms with van der Waals surface area (Å²) in [6.45, 7) is 8.64. The van der Waals surface area contributed by atoms with Gasteiger partial charge in [-0.05, 0) is 54.3 Å². The van der Waals surface area contributed by atoms with E-state index in [1.165, 1.54) is 6.42 Å². The first kappa shape index (κ1) is 22.0. The molecule has 0 saturated carbocycles. The van der Waals surface area contributed by atoms with E-state index < -0.39 is 5.92 Å². The number of piperidine rings is 1. The maximum atomic E-state index is 13.4. The molecule has 1 aromatic carbocycles. The van der Waals surface area contributed by atoms with E-state index in [9.17, 15) is 9.59 Å². The number of fused-ring (bicyclic) bond motifs is 1. The van der Waals surface area contributed by atoms with Gasteiger partial charge in [0.25, 0.3) is 5.91 Å². The van der Waals surface area contributed by atoms with Crippen molar-refractivity contribution in [2.24, 2.45) is 11.8 Å². The van der Waals surface area contributed by atoms with E-state index in [4.69, 9.17) is 0 Å². The second kappa shape index (κ2) is 9.53. The summed E-state index contributed by atoms with van der Waals surface area (Å²) in [5.41, 5.74) is 1.47. The topological polar surface area (TPSA) is 52.7 Å². The Balaban J connectivity index is 1.46. The first-order valence-electron chi connectivity index (χ1n) is 11.3. The zero-order valence-corrected chi connectivity index (χ0v) is 19.5. The number of likely N-dealkylation sites (N-methyl/N-ethyl adjacent to an activating group) is 1. The van der Waals surface area contributed by atoms with Crippen LogP contribution in [0.5, 0.6) is 0 Å². The van der Waals surface area contributed by atoms with Gasteiger partial charge < -0.3 is 15.1 Å². The average molecular weight is 440 g/mol. The van der Waals surface area contributed by atoms with E-state index in [0.29, 0.717) is 12.1 Å². The largest absolute Gasteiger partial charge is 0.355 e. The van der Waals surface area contributed by atoms with Crippen LogP contribution in [0.1, 0.15) is 59.4 Å². The summed E-state index contributed by atoms with van der Waals surface area (Å²) in [5, 5.41) is 5.19. The Morgan fingerprint density at radius 3 is 2.58 bits per heavy atom. The van der Waals surface area contributed by atoms with Gasteiger partial charge >= 0.3 is 0 Å². The van der Waals surface area contributed by atoms with E-state index in [2.05, 4.69) is 24.1 Å². The number of amides is 2. The molecular weight excluding hydrogens is 406 g/mol. The molecule has 2 amide bonds. The second-order valence-corrected chi connectivity index (χ2v) is 10.3. The molecule has 0 radical (unpaired) electrons. The molecule has 3 heterocycles. The van der Waals surface area contributed by atoms with Crippen LogP contribution in [0.4, 0.5) is 0 Å². The van der Waals surface area contributed by atoms with Crippen molar-refractivity contribution in [3.8, 4) is 0 Å². The molecule has 0 spiro atoms. The lowest BCUT2D eigenvalue weighted by molar-refractivity contribution is -0.124. The molecule has 1 N–H and O–H groups in total. The zero-order valence-electron chi connectivity index (χ0n) is 18.7. The van der Waals surface area contributed by atoms with Gasteiger partial charge in [-0.1, -0.05) is 38.1 Å². The minimum Gasteiger partial charge on any atom is -0.355 e. The van der Waals surface area contributed by atoms with Gasteiger partial charge in [0.05, 0.1) is 12.0 Å². The molecule has 2 aliphatic heterocycles. The number of rotatable bonds is 6. The highest BCUT2D eigenvalue weighted by Crippen LogP contribution is 2.43. The van der Waals surface area contributed by atoms with Crippen LogP contribution < -0.4 is 5.32 Å². The van der Waals surface area contributed by atoms with Crippen LogP contribution in [0, 0.1) is 11.8 Å². The lowest BCUT2D eigenvalue weighted by Gasteiger charge is -2.39. The standard InChI is InChI=1S/C25H33N3O2S/c1-17-14-18(2)16-28(15-17)12-7-11-26-24(29)22-19-8-4-5-9-20(19)25(30)27(3)23(22)21-10-6-13-31-21/h4-6,8-10,13,17-18,22-23H,7,11-12,14-16H2,1-3H3,(H,26,29)/t17-,18+,22-,23-/m1/s1. The van der Waals surface area contributed by atoms with E-state index in [1.54, 1.807) is 16.2 Å². The fourth-order valence-corrected chi connectivity index (χ4v) is 6.28. The van der Waals surface area contributed by atoms with Gasteiger partial charge in [-0.3, -0.25) is 9.59 Å². The summed E-state index contributed by atoms with van der Waals surface area (Å²) in [5.74, 6) is 1.08. The van der Waals surface area contributed by atoms with Gasteiger partial charge in [0.15, 0.2) is 0 Å². The molecule has 0 unspecified atom stereocenters. The Bertz CT molecular complexity index is 903. The number of thiophene rings is 1. The summed E-state index contributed by atoms with van der Waals surface area (Å²) < 4.78 is 0. The predicted octanol–water partition coefficient (Wildman–Crippen LogP) is 4.14. The lowest BCUT2D eigenvalue weighted by atomic mass is 9.81. The predicted molar refractivity (Wildman–Crippen MR) is 125 cm³/mol. The smallest absolute Gasteiger partial charge is 0.254 e. The summed E-state index contributed by atoms with van der Waals surface area (Å²) in [4.78, 5) is 31.7. The molecule has 1 aromatic heterocycles. The molecule has 166 valence electrons. The van der Waals surface area contributed by atoms with Crippen LogP contribution in [0.3, 0.4) is 0 Å². The van der Waals surface area contributed by atoms with Crippen LogP contribution in [0.15, 0.2) is 41.8 Å². The van der Waals surface area contributed by atoms with Crippen LogP contribution in [-0.2, 0) is 4.79 Å². The average Bonchev–Trinajstić information content (AvgIpc) is 3.27. The van der Waals surface area contributed by atoms with E-state index >= 15 is 0 Å². The Labute approximate surface area is 189 Å². The number of carbonyl (C=O) groups excluding carboxylic acids is 2. The molecule has 0 aliphatic carbocycles. The first-order valence-corrected chi connectivity index (χ1v) is 12.2. The molecule has 6 heteroatoms. The summed E-state index contributed by atoms with van der Waals surface area (Å²) >= 11 is 1.60. The fourth-order valence-electron chi connectivity index (χ4n) is 5.37. The maximum absolute atomic E-state index is 13.4. The number of likely N-dealkylation sites (tertiary alicyclic amines) is 1. The number of nitrogens with zero attached hydrogens (tertiary/aromatic N) is 2. The fraction of sp³-hybridized carbons (Fsp3) is 0.520. The normalized spacial score (nSPS) is 26.5. The third-order valence-electron chi connectivity index (χ3n) is 6.59. The zero-order chi connectivity index (χ0) is 22.0. The van der Waals surface area contributed by atoms with Crippen molar-refractivity contribution in [2.45, 2.75) is 38.6 Å². The molecule has 5 nitrogen and oxygen atoms in total. The monoisotopic (exact) mass is 439 g/mol. The number of carbonyl (C=O) groups is 2. The number of hydrogen-bond donors (Lipinski definition) is 1. The van der Waals surface area contributed by atoms with Crippen LogP contribution >= 0.6 is 11.3 Å². The quantitative estimate of drug-likeness (QED) is 0.688. The van der Waals surface area contributed by atoms with Crippen molar-refractivity contribution in [2.75, 3.05) is 33.2 Å². The van der Waals surface area contributed by atoms with Crippen molar-refractivity contribution in [1.29, 1.82) is 0 Å². The van der Waals surface area contributed by atoms with E-state index in [1.807, 2.05) is 48.8 Å². The van der Waals surface area contributed by atoms with Gasteiger partial charge in [0.2, 0.25) is 5.91 Å². The highest BCUT2D eigenvalue weighted by Gasteiger charge is 2.42. The van der Waals surface area contributed by atoms with E-state index in [-0.39, 0.29) is 17.9 Å². The highest BCUT2D eigenvalue weighted by molar-refractivity contribution is 7.10. The molecule has 4 rings (SSSR count). The van der Waals surface area contributed by atoms with Gasteiger partial charge in [-0.2, -0.15) is 0 Å². The Morgan fingerprint density at radius 2 is 1.87 bits per heavy atom. The highest BCUT2D eigenvalue weighted by atomic mass is 32.1. The molecule has 2 aliphatic rings. The van der Waals surface area contributed by atoms with Gasteiger partial charge in [0.1, 0.15) is 0 Å². The molecule has 2 aromatic rings. The SMILES string of the molecule is C[C@@H]1C[C@H](C)CN(CCCNC(=O)[C@@H]2c3ccccc3C(=O)N(C)[C@@H]2c2cccs2)C1. The Hall–Kier alpha value is -2.18. The lowest BCUT2D eigenvalue weighted by Crippen LogP contribution is -2.46. The molecule has 1 saturated heterocycles.